The molecule has 0 saturated carbocycles. The zero-order valence-electron chi connectivity index (χ0n) is 13.7. The number of hydrogen-bond donors (Lipinski definition) is 0. The highest BCUT2D eigenvalue weighted by molar-refractivity contribution is 5.94. The molecule has 6 nitrogen and oxygen atoms in total. The van der Waals surface area contributed by atoms with Gasteiger partial charge in [0.05, 0.1) is 6.26 Å². The number of benzene rings is 1. The molecule has 1 amide bonds. The number of likely N-dealkylation sites (tertiary alicyclic amines) is 1. The highest BCUT2D eigenvalue weighted by Gasteiger charge is 2.30. The minimum atomic E-state index is -0.850. The molecule has 3 aromatic rings. The number of nitrogens with zero attached hydrogens (tertiary/aromatic N) is 3. The van der Waals surface area contributed by atoms with E-state index in [1.807, 2.05) is 0 Å². The molecular formula is C18H15F2N3O3. The van der Waals surface area contributed by atoms with Gasteiger partial charge in [-0.1, -0.05) is 6.07 Å². The summed E-state index contributed by atoms with van der Waals surface area (Å²) in [6.07, 6.45) is 2.66. The van der Waals surface area contributed by atoms with Gasteiger partial charge in [-0.3, -0.25) is 4.79 Å². The quantitative estimate of drug-likeness (QED) is 0.714. The van der Waals surface area contributed by atoms with E-state index in [9.17, 15) is 13.6 Å². The lowest BCUT2D eigenvalue weighted by Gasteiger charge is -2.30. The van der Waals surface area contributed by atoms with Crippen LogP contribution >= 0.6 is 0 Å². The summed E-state index contributed by atoms with van der Waals surface area (Å²) in [6, 6.07) is 6.85. The zero-order chi connectivity index (χ0) is 18.1. The van der Waals surface area contributed by atoms with Crippen molar-refractivity contribution in [1.82, 2.24) is 15.1 Å². The van der Waals surface area contributed by atoms with Gasteiger partial charge in [0.1, 0.15) is 17.2 Å². The topological polar surface area (TPSA) is 72.4 Å². The Kier molecular flexibility index (Phi) is 4.24. The molecule has 0 spiro atoms. The third-order valence-electron chi connectivity index (χ3n) is 4.48. The largest absolute Gasteiger partial charge is 0.459 e. The fourth-order valence-electron chi connectivity index (χ4n) is 3.09. The van der Waals surface area contributed by atoms with Crippen LogP contribution < -0.4 is 0 Å². The van der Waals surface area contributed by atoms with E-state index in [4.69, 9.17) is 8.83 Å². The number of carbonyl (C=O) groups excluding carboxylic acids is 1. The van der Waals surface area contributed by atoms with Crippen LogP contribution in [-0.4, -0.2) is 34.1 Å². The van der Waals surface area contributed by atoms with E-state index >= 15 is 0 Å². The molecule has 3 heterocycles. The Labute approximate surface area is 147 Å². The summed E-state index contributed by atoms with van der Waals surface area (Å²) < 4.78 is 38.5. The van der Waals surface area contributed by atoms with Crippen molar-refractivity contribution in [2.24, 2.45) is 0 Å². The van der Waals surface area contributed by atoms with Crippen molar-refractivity contribution in [3.05, 3.63) is 59.7 Å². The van der Waals surface area contributed by atoms with Gasteiger partial charge in [-0.2, -0.15) is 0 Å². The molecule has 0 radical (unpaired) electrons. The number of halogens is 2. The van der Waals surface area contributed by atoms with Crippen molar-refractivity contribution < 1.29 is 22.4 Å². The van der Waals surface area contributed by atoms with E-state index in [0.29, 0.717) is 43.5 Å². The third-order valence-corrected chi connectivity index (χ3v) is 4.48. The van der Waals surface area contributed by atoms with Gasteiger partial charge in [0.15, 0.2) is 5.76 Å². The second-order valence-electron chi connectivity index (χ2n) is 6.09. The lowest BCUT2D eigenvalue weighted by Crippen LogP contribution is -2.38. The molecule has 0 unspecified atom stereocenters. The van der Waals surface area contributed by atoms with E-state index in [0.717, 1.165) is 12.1 Å². The number of rotatable bonds is 3. The van der Waals surface area contributed by atoms with Crippen LogP contribution in [0.15, 0.2) is 45.4 Å². The summed E-state index contributed by atoms with van der Waals surface area (Å²) in [6.45, 7) is 0.714. The highest BCUT2D eigenvalue weighted by Crippen LogP contribution is 2.30. The molecule has 1 saturated heterocycles. The van der Waals surface area contributed by atoms with E-state index < -0.39 is 23.1 Å². The Morgan fingerprint density at radius 1 is 1.08 bits per heavy atom. The van der Waals surface area contributed by atoms with E-state index in [1.54, 1.807) is 12.1 Å². The van der Waals surface area contributed by atoms with Crippen molar-refractivity contribution >= 4 is 5.91 Å². The third kappa shape index (κ3) is 2.98. The van der Waals surface area contributed by atoms with Gasteiger partial charge in [0.25, 0.3) is 11.8 Å². The minimum absolute atomic E-state index is 0.0132. The van der Waals surface area contributed by atoms with Gasteiger partial charge >= 0.3 is 0 Å². The molecule has 1 fully saturated rings. The molecule has 8 heteroatoms. The van der Waals surface area contributed by atoms with Gasteiger partial charge in [0, 0.05) is 19.0 Å². The van der Waals surface area contributed by atoms with E-state index in [2.05, 4.69) is 10.2 Å². The molecule has 1 aliphatic rings. The maximum Gasteiger partial charge on any atom is 0.283 e. The first-order valence-corrected chi connectivity index (χ1v) is 8.24. The van der Waals surface area contributed by atoms with Crippen LogP contribution in [0.25, 0.3) is 11.7 Å². The monoisotopic (exact) mass is 359 g/mol. The second-order valence-corrected chi connectivity index (χ2v) is 6.09. The van der Waals surface area contributed by atoms with Crippen LogP contribution in [0.2, 0.25) is 0 Å². The summed E-state index contributed by atoms with van der Waals surface area (Å²) in [5.41, 5.74) is -0.510. The maximum absolute atomic E-state index is 13.8. The van der Waals surface area contributed by atoms with Crippen LogP contribution in [0.5, 0.6) is 0 Å². The number of furan rings is 1. The van der Waals surface area contributed by atoms with E-state index in [1.165, 1.54) is 17.2 Å². The fourth-order valence-corrected chi connectivity index (χ4v) is 3.09. The first-order chi connectivity index (χ1) is 12.6. The molecule has 0 aliphatic carbocycles. The standard InChI is InChI=1S/C18H15F2N3O3/c19-12-3-1-4-13(20)15(12)18(24)23-8-6-11(7-9-23)16-21-22-17(26-16)14-5-2-10-25-14/h1-5,10-11H,6-9H2. The van der Waals surface area contributed by atoms with Crippen molar-refractivity contribution in [3.8, 4) is 11.7 Å². The molecule has 2 aromatic heterocycles. The predicted octanol–water partition coefficient (Wildman–Crippen LogP) is 3.63. The zero-order valence-corrected chi connectivity index (χ0v) is 13.7. The summed E-state index contributed by atoms with van der Waals surface area (Å²) in [5.74, 6) is -1.08. The first-order valence-electron chi connectivity index (χ1n) is 8.24. The average molecular weight is 359 g/mol. The molecule has 134 valence electrons. The molecule has 0 atom stereocenters. The van der Waals surface area contributed by atoms with Gasteiger partial charge in [-0.05, 0) is 37.1 Å². The molecular weight excluding hydrogens is 344 g/mol. The normalized spacial score (nSPS) is 15.4. The van der Waals surface area contributed by atoms with Crippen molar-refractivity contribution in [2.45, 2.75) is 18.8 Å². The maximum atomic E-state index is 13.8. The Morgan fingerprint density at radius 3 is 2.46 bits per heavy atom. The summed E-state index contributed by atoms with van der Waals surface area (Å²) in [7, 11) is 0. The average Bonchev–Trinajstić information content (AvgIpc) is 3.33. The van der Waals surface area contributed by atoms with Crippen LogP contribution in [0.1, 0.15) is 35.0 Å². The predicted molar refractivity (Wildman–Crippen MR) is 86.2 cm³/mol. The van der Waals surface area contributed by atoms with Gasteiger partial charge < -0.3 is 13.7 Å². The summed E-state index contributed by atoms with van der Waals surface area (Å²) in [5, 5.41) is 8.02. The van der Waals surface area contributed by atoms with Crippen molar-refractivity contribution in [1.29, 1.82) is 0 Å². The molecule has 0 bridgehead atoms. The molecule has 0 N–H and O–H groups in total. The van der Waals surface area contributed by atoms with Gasteiger partial charge in [-0.25, -0.2) is 8.78 Å². The van der Waals surface area contributed by atoms with Gasteiger partial charge in [0.2, 0.25) is 5.89 Å². The number of aromatic nitrogens is 2. The van der Waals surface area contributed by atoms with Crippen LogP contribution in [0.3, 0.4) is 0 Å². The number of amides is 1. The van der Waals surface area contributed by atoms with E-state index in [-0.39, 0.29) is 5.92 Å². The van der Waals surface area contributed by atoms with Crippen LogP contribution in [0.4, 0.5) is 8.78 Å². The Hall–Kier alpha value is -3.03. The molecule has 1 aliphatic heterocycles. The lowest BCUT2D eigenvalue weighted by atomic mass is 9.96. The van der Waals surface area contributed by atoms with Crippen LogP contribution in [0, 0.1) is 11.6 Å². The lowest BCUT2D eigenvalue weighted by molar-refractivity contribution is 0.0696. The smallest absolute Gasteiger partial charge is 0.283 e. The summed E-state index contributed by atoms with van der Waals surface area (Å²) >= 11 is 0. The first kappa shape index (κ1) is 16.4. The number of piperidine rings is 1. The Balaban J connectivity index is 1.44. The number of hydrogen-bond acceptors (Lipinski definition) is 5. The second kappa shape index (κ2) is 6.70. The summed E-state index contributed by atoms with van der Waals surface area (Å²) in [4.78, 5) is 13.9. The Bertz CT molecular complexity index is 895. The van der Waals surface area contributed by atoms with Crippen molar-refractivity contribution in [2.75, 3.05) is 13.1 Å². The van der Waals surface area contributed by atoms with Crippen LogP contribution in [-0.2, 0) is 0 Å². The van der Waals surface area contributed by atoms with Gasteiger partial charge in [-0.15, -0.1) is 10.2 Å². The molecule has 4 rings (SSSR count). The number of carbonyl (C=O) groups is 1. The highest BCUT2D eigenvalue weighted by atomic mass is 19.1. The SMILES string of the molecule is O=C(c1c(F)cccc1F)N1CCC(c2nnc(-c3ccco3)o2)CC1. The minimum Gasteiger partial charge on any atom is -0.459 e. The fraction of sp³-hybridized carbons (Fsp3) is 0.278. The van der Waals surface area contributed by atoms with Crippen molar-refractivity contribution in [3.63, 3.8) is 0 Å². The molecule has 1 aromatic carbocycles. The Morgan fingerprint density at radius 2 is 1.81 bits per heavy atom. The molecule has 26 heavy (non-hydrogen) atoms.